The van der Waals surface area contributed by atoms with Gasteiger partial charge >= 0.3 is 0 Å². The van der Waals surface area contributed by atoms with Crippen LogP contribution in [0.2, 0.25) is 5.02 Å². The van der Waals surface area contributed by atoms with Crippen LogP contribution in [0, 0.1) is 3.57 Å². The number of halogens is 3. The maximum atomic E-state index is 11.1. The van der Waals surface area contributed by atoms with Crippen LogP contribution in [0.5, 0.6) is 0 Å². The molecule has 0 saturated heterocycles. The summed E-state index contributed by atoms with van der Waals surface area (Å²) < 4.78 is 1.15. The van der Waals surface area contributed by atoms with E-state index in [-0.39, 0.29) is 0 Å². The first-order valence-electron chi connectivity index (χ1n) is 4.83. The topological polar surface area (TPSA) is 17.1 Å². The molecule has 0 saturated carbocycles. The highest BCUT2D eigenvalue weighted by Gasteiger charge is 2.08. The second-order valence-electron chi connectivity index (χ2n) is 3.48. The molecule has 86 valence electrons. The fourth-order valence-electron chi connectivity index (χ4n) is 1.50. The first-order chi connectivity index (χ1) is 8.08. The molecule has 2 aromatic carbocycles. The molecule has 0 aliphatic rings. The van der Waals surface area contributed by atoms with Crippen molar-refractivity contribution in [3.05, 3.63) is 56.6 Å². The molecule has 0 radical (unpaired) electrons. The van der Waals surface area contributed by atoms with Gasteiger partial charge in [-0.05, 0) is 70.1 Å². The predicted molar refractivity (Wildman–Crippen MR) is 79.8 cm³/mol. The average Bonchev–Trinajstić information content (AvgIpc) is 2.31. The number of benzene rings is 2. The first-order valence-corrected chi connectivity index (χ1v) is 6.67. The third-order valence-electron chi connectivity index (χ3n) is 2.35. The zero-order chi connectivity index (χ0) is 12.4. The van der Waals surface area contributed by atoms with E-state index < -0.39 is 5.24 Å². The lowest BCUT2D eigenvalue weighted by atomic mass is 10.0. The van der Waals surface area contributed by atoms with Gasteiger partial charge in [-0.15, -0.1) is 0 Å². The number of hydrogen-bond acceptors (Lipinski definition) is 1. The van der Waals surface area contributed by atoms with Crippen LogP contribution in [0.15, 0.2) is 42.5 Å². The molecule has 0 aromatic heterocycles. The molecule has 0 N–H and O–H groups in total. The largest absolute Gasteiger partial charge is 0.276 e. The van der Waals surface area contributed by atoms with Gasteiger partial charge in [-0.25, -0.2) is 0 Å². The van der Waals surface area contributed by atoms with Crippen LogP contribution in [0.1, 0.15) is 10.4 Å². The van der Waals surface area contributed by atoms with Crippen molar-refractivity contribution >= 4 is 51.0 Å². The van der Waals surface area contributed by atoms with E-state index in [0.29, 0.717) is 10.6 Å². The molecule has 0 amide bonds. The van der Waals surface area contributed by atoms with Gasteiger partial charge < -0.3 is 0 Å². The molecular formula is C13H7Cl2IO. The Morgan fingerprint density at radius 1 is 1.06 bits per heavy atom. The molecule has 0 bridgehead atoms. The summed E-state index contributed by atoms with van der Waals surface area (Å²) in [6.45, 7) is 0. The molecule has 2 rings (SSSR count). The van der Waals surface area contributed by atoms with Gasteiger partial charge in [-0.1, -0.05) is 23.7 Å². The SMILES string of the molecule is O=C(Cl)c1ccc(Cl)c(-c2ccc(I)cc2)c1. The van der Waals surface area contributed by atoms with Gasteiger partial charge in [0.1, 0.15) is 0 Å². The van der Waals surface area contributed by atoms with Crippen LogP contribution in [-0.2, 0) is 0 Å². The third-order valence-corrected chi connectivity index (χ3v) is 3.62. The second-order valence-corrected chi connectivity index (χ2v) is 5.47. The van der Waals surface area contributed by atoms with Crippen LogP contribution in [0.4, 0.5) is 0 Å². The van der Waals surface area contributed by atoms with Crippen LogP contribution in [0.3, 0.4) is 0 Å². The van der Waals surface area contributed by atoms with Crippen molar-refractivity contribution in [2.75, 3.05) is 0 Å². The minimum Gasteiger partial charge on any atom is -0.276 e. The molecule has 17 heavy (non-hydrogen) atoms. The van der Waals surface area contributed by atoms with Crippen LogP contribution in [-0.4, -0.2) is 5.24 Å². The Labute approximate surface area is 123 Å². The third kappa shape index (κ3) is 3.00. The Hall–Kier alpha value is -0.580. The van der Waals surface area contributed by atoms with Gasteiger partial charge in [0.05, 0.1) is 0 Å². The minimum atomic E-state index is -0.478. The Morgan fingerprint density at radius 2 is 1.71 bits per heavy atom. The standard InChI is InChI=1S/C13H7Cl2IO/c14-12-6-3-9(13(15)17)7-11(12)8-1-4-10(16)5-2-8/h1-7H. The Morgan fingerprint density at radius 3 is 2.29 bits per heavy atom. The van der Waals surface area contributed by atoms with E-state index in [1.807, 2.05) is 24.3 Å². The summed E-state index contributed by atoms with van der Waals surface area (Å²) in [5.74, 6) is 0. The molecule has 4 heteroatoms. The summed E-state index contributed by atoms with van der Waals surface area (Å²) in [6.07, 6.45) is 0. The van der Waals surface area contributed by atoms with Gasteiger partial charge in [-0.2, -0.15) is 0 Å². The van der Waals surface area contributed by atoms with Crippen molar-refractivity contribution < 1.29 is 4.79 Å². The molecule has 0 aliphatic heterocycles. The summed E-state index contributed by atoms with van der Waals surface area (Å²) in [5, 5.41) is 0.126. The molecule has 1 nitrogen and oxygen atoms in total. The monoisotopic (exact) mass is 376 g/mol. The maximum Gasteiger partial charge on any atom is 0.252 e. The molecule has 0 aliphatic carbocycles. The van der Waals surface area contributed by atoms with E-state index in [0.717, 1.165) is 14.7 Å². The summed E-state index contributed by atoms with van der Waals surface area (Å²) in [6, 6.07) is 12.9. The number of rotatable bonds is 2. The molecule has 0 heterocycles. The number of hydrogen-bond donors (Lipinski definition) is 0. The Balaban J connectivity index is 2.54. The summed E-state index contributed by atoms with van der Waals surface area (Å²) >= 11 is 13.8. The van der Waals surface area contributed by atoms with Gasteiger partial charge in [-0.3, -0.25) is 4.79 Å². The second kappa shape index (κ2) is 5.38. The minimum absolute atomic E-state index is 0.449. The van der Waals surface area contributed by atoms with Gasteiger partial charge in [0.25, 0.3) is 5.24 Å². The quantitative estimate of drug-likeness (QED) is 0.533. The van der Waals surface area contributed by atoms with Crippen molar-refractivity contribution in [3.63, 3.8) is 0 Å². The molecule has 0 unspecified atom stereocenters. The predicted octanol–water partition coefficient (Wildman–Crippen LogP) is 4.99. The highest BCUT2D eigenvalue weighted by Crippen LogP contribution is 2.29. The van der Waals surface area contributed by atoms with E-state index in [1.54, 1.807) is 18.2 Å². The summed E-state index contributed by atoms with van der Waals surface area (Å²) in [7, 11) is 0. The highest BCUT2D eigenvalue weighted by molar-refractivity contribution is 14.1. The fraction of sp³-hybridized carbons (Fsp3) is 0. The molecular weight excluding hydrogens is 370 g/mol. The zero-order valence-corrected chi connectivity index (χ0v) is 12.3. The van der Waals surface area contributed by atoms with Crippen LogP contribution in [0.25, 0.3) is 11.1 Å². The zero-order valence-electron chi connectivity index (χ0n) is 8.58. The highest BCUT2D eigenvalue weighted by atomic mass is 127. The molecule has 0 spiro atoms. The molecule has 0 atom stereocenters. The Kier molecular flexibility index (Phi) is 4.07. The Bertz CT molecular complexity index is 564. The lowest BCUT2D eigenvalue weighted by Gasteiger charge is -2.06. The maximum absolute atomic E-state index is 11.1. The summed E-state index contributed by atoms with van der Waals surface area (Å²) in [5.41, 5.74) is 2.23. The number of carbonyl (C=O) groups excluding carboxylic acids is 1. The lowest BCUT2D eigenvalue weighted by Crippen LogP contribution is -1.90. The number of carbonyl (C=O) groups is 1. The molecule has 0 fully saturated rings. The van der Waals surface area contributed by atoms with E-state index in [1.165, 1.54) is 0 Å². The van der Waals surface area contributed by atoms with E-state index in [9.17, 15) is 4.79 Å². The van der Waals surface area contributed by atoms with Crippen molar-refractivity contribution in [2.24, 2.45) is 0 Å². The van der Waals surface area contributed by atoms with Gasteiger partial charge in [0.2, 0.25) is 0 Å². The normalized spacial score (nSPS) is 10.3. The van der Waals surface area contributed by atoms with Crippen LogP contribution < -0.4 is 0 Å². The molecule has 2 aromatic rings. The van der Waals surface area contributed by atoms with E-state index in [4.69, 9.17) is 23.2 Å². The van der Waals surface area contributed by atoms with Gasteiger partial charge in [0, 0.05) is 19.7 Å². The lowest BCUT2D eigenvalue weighted by molar-refractivity contribution is 0.108. The van der Waals surface area contributed by atoms with Crippen molar-refractivity contribution in [2.45, 2.75) is 0 Å². The summed E-state index contributed by atoms with van der Waals surface area (Å²) in [4.78, 5) is 11.1. The first kappa shape index (κ1) is 12.9. The fourth-order valence-corrected chi connectivity index (χ4v) is 2.20. The van der Waals surface area contributed by atoms with E-state index >= 15 is 0 Å². The average molecular weight is 377 g/mol. The van der Waals surface area contributed by atoms with E-state index in [2.05, 4.69) is 22.6 Å². The van der Waals surface area contributed by atoms with Crippen molar-refractivity contribution in [1.29, 1.82) is 0 Å². The smallest absolute Gasteiger partial charge is 0.252 e. The van der Waals surface area contributed by atoms with Crippen molar-refractivity contribution in [3.8, 4) is 11.1 Å². The van der Waals surface area contributed by atoms with Gasteiger partial charge in [0.15, 0.2) is 0 Å². The van der Waals surface area contributed by atoms with Crippen LogP contribution >= 0.6 is 45.8 Å². The van der Waals surface area contributed by atoms with Crippen molar-refractivity contribution in [1.82, 2.24) is 0 Å².